The van der Waals surface area contributed by atoms with Gasteiger partial charge in [-0.25, -0.2) is 0 Å². The minimum Gasteiger partial charge on any atom is -0.491 e. The Morgan fingerprint density at radius 3 is 2.42 bits per heavy atom. The molecule has 0 saturated heterocycles. The minimum absolute atomic E-state index is 0.0505. The predicted molar refractivity (Wildman–Crippen MR) is 146 cm³/mol. The van der Waals surface area contributed by atoms with Gasteiger partial charge in [0, 0.05) is 30.8 Å². The van der Waals surface area contributed by atoms with Gasteiger partial charge in [-0.2, -0.15) is 0 Å². The Hall–Kier alpha value is -3.27. The zero-order valence-corrected chi connectivity index (χ0v) is 21.2. The van der Waals surface area contributed by atoms with E-state index in [1.165, 1.54) is 37.7 Å². The smallest absolute Gasteiger partial charge is 0.223 e. The zero-order chi connectivity index (χ0) is 24.6. The summed E-state index contributed by atoms with van der Waals surface area (Å²) < 4.78 is 6.44. The van der Waals surface area contributed by atoms with Gasteiger partial charge in [0.2, 0.25) is 5.91 Å². The molecule has 4 nitrogen and oxygen atoms in total. The molecule has 1 saturated carbocycles. The largest absolute Gasteiger partial charge is 0.491 e. The summed E-state index contributed by atoms with van der Waals surface area (Å²) in [7, 11) is 0. The second-order valence-corrected chi connectivity index (χ2v) is 10.3. The molecule has 4 heteroatoms. The lowest BCUT2D eigenvalue weighted by Crippen LogP contribution is -2.44. The number of fused-ring (bicyclic) bond motifs is 2. The normalized spacial score (nSPS) is 18.7. The maximum absolute atomic E-state index is 13.9. The summed E-state index contributed by atoms with van der Waals surface area (Å²) in [5.74, 6) is 1.82. The van der Waals surface area contributed by atoms with Crippen molar-refractivity contribution in [1.29, 1.82) is 0 Å². The first-order valence-electron chi connectivity index (χ1n) is 13.6. The summed E-state index contributed by atoms with van der Waals surface area (Å²) in [5, 5.41) is 3.61. The van der Waals surface area contributed by atoms with Crippen molar-refractivity contribution in [2.45, 2.75) is 70.5 Å². The summed E-state index contributed by atoms with van der Waals surface area (Å²) >= 11 is 0. The number of para-hydroxylation sites is 2. The van der Waals surface area contributed by atoms with Crippen molar-refractivity contribution in [3.8, 4) is 5.75 Å². The third-order valence-electron chi connectivity index (χ3n) is 7.80. The van der Waals surface area contributed by atoms with Crippen LogP contribution in [0.2, 0.25) is 0 Å². The van der Waals surface area contributed by atoms with Gasteiger partial charge in [-0.3, -0.25) is 4.79 Å². The lowest BCUT2D eigenvalue weighted by atomic mass is 9.86. The van der Waals surface area contributed by atoms with Crippen molar-refractivity contribution in [3.05, 3.63) is 95.6 Å². The van der Waals surface area contributed by atoms with Crippen molar-refractivity contribution in [3.63, 3.8) is 0 Å². The number of hydrogen-bond acceptors (Lipinski definition) is 3. The van der Waals surface area contributed by atoms with Crippen LogP contribution in [0, 0.1) is 5.92 Å². The SMILES string of the molecule is O=C(CCC1CCCCC1)N1Cc2ccccc2NCc2ccccc2OC[C@@H]1Cc1ccccc1. The molecule has 36 heavy (non-hydrogen) atoms. The van der Waals surface area contributed by atoms with Crippen LogP contribution in [0.25, 0.3) is 0 Å². The molecule has 0 spiro atoms. The number of nitrogens with zero attached hydrogens (tertiary/aromatic N) is 1. The fourth-order valence-electron chi connectivity index (χ4n) is 5.69. The Labute approximate surface area is 215 Å². The van der Waals surface area contributed by atoms with Crippen molar-refractivity contribution in [2.75, 3.05) is 11.9 Å². The van der Waals surface area contributed by atoms with Crippen LogP contribution in [-0.4, -0.2) is 23.5 Å². The molecule has 3 aromatic carbocycles. The van der Waals surface area contributed by atoms with Crippen LogP contribution in [0.15, 0.2) is 78.9 Å². The number of amides is 1. The highest BCUT2D eigenvalue weighted by atomic mass is 16.5. The molecule has 1 aliphatic heterocycles. The number of anilines is 1. The quantitative estimate of drug-likeness (QED) is 0.426. The number of carbonyl (C=O) groups excluding carboxylic acids is 1. The number of ether oxygens (including phenoxy) is 1. The lowest BCUT2D eigenvalue weighted by Gasteiger charge is -2.33. The lowest BCUT2D eigenvalue weighted by molar-refractivity contribution is -0.135. The maximum atomic E-state index is 13.9. The van der Waals surface area contributed by atoms with Crippen LogP contribution >= 0.6 is 0 Å². The first-order chi connectivity index (χ1) is 17.8. The molecule has 2 aliphatic rings. The third-order valence-corrected chi connectivity index (χ3v) is 7.80. The van der Waals surface area contributed by atoms with E-state index >= 15 is 0 Å². The van der Waals surface area contributed by atoms with Gasteiger partial charge >= 0.3 is 0 Å². The molecule has 3 aromatic rings. The van der Waals surface area contributed by atoms with Gasteiger partial charge in [-0.1, -0.05) is 98.8 Å². The summed E-state index contributed by atoms with van der Waals surface area (Å²) in [6.07, 6.45) is 8.89. The molecule has 0 aromatic heterocycles. The van der Waals surface area contributed by atoms with E-state index in [1.807, 2.05) is 18.2 Å². The number of rotatable bonds is 5. The highest BCUT2D eigenvalue weighted by molar-refractivity contribution is 5.77. The maximum Gasteiger partial charge on any atom is 0.223 e. The fourth-order valence-corrected chi connectivity index (χ4v) is 5.69. The molecule has 0 bridgehead atoms. The minimum atomic E-state index is -0.0505. The van der Waals surface area contributed by atoms with E-state index in [0.29, 0.717) is 32.0 Å². The molecular formula is C32H38N2O2. The van der Waals surface area contributed by atoms with Gasteiger partial charge in [0.25, 0.3) is 0 Å². The Morgan fingerprint density at radius 2 is 1.58 bits per heavy atom. The zero-order valence-electron chi connectivity index (χ0n) is 21.2. The van der Waals surface area contributed by atoms with Crippen LogP contribution < -0.4 is 10.1 Å². The first-order valence-corrected chi connectivity index (χ1v) is 13.6. The summed E-state index contributed by atoms with van der Waals surface area (Å²) in [6, 6.07) is 27.1. The van der Waals surface area contributed by atoms with Crippen LogP contribution in [0.4, 0.5) is 5.69 Å². The van der Waals surface area contributed by atoms with E-state index in [-0.39, 0.29) is 11.9 Å². The molecule has 188 valence electrons. The van der Waals surface area contributed by atoms with Gasteiger partial charge in [0.15, 0.2) is 0 Å². The molecule has 0 unspecified atom stereocenters. The summed E-state index contributed by atoms with van der Waals surface area (Å²) in [4.78, 5) is 16.0. The molecule has 1 fully saturated rings. The number of nitrogens with one attached hydrogen (secondary N) is 1. The third kappa shape index (κ3) is 6.29. The van der Waals surface area contributed by atoms with Gasteiger partial charge in [-0.15, -0.1) is 0 Å². The van der Waals surface area contributed by atoms with Crippen LogP contribution in [-0.2, 0) is 24.3 Å². The predicted octanol–water partition coefficient (Wildman–Crippen LogP) is 6.99. The standard InChI is InChI=1S/C32H38N2O2/c35-32(20-19-25-11-3-1-4-12-25)34-23-28-16-7-9-17-30(28)33-22-27-15-8-10-18-31(27)36-24-29(34)21-26-13-5-2-6-14-26/h2,5-10,13-18,25,29,33H,1,3-4,11-12,19-24H2/t29-/m0/s1. The van der Waals surface area contributed by atoms with Crippen LogP contribution in [0.1, 0.15) is 61.6 Å². The molecular weight excluding hydrogens is 444 g/mol. The van der Waals surface area contributed by atoms with Crippen LogP contribution in [0.3, 0.4) is 0 Å². The average molecular weight is 483 g/mol. The van der Waals surface area contributed by atoms with Gasteiger partial charge in [-0.05, 0) is 42.0 Å². The Morgan fingerprint density at radius 1 is 0.861 bits per heavy atom. The van der Waals surface area contributed by atoms with Crippen molar-refractivity contribution < 1.29 is 9.53 Å². The summed E-state index contributed by atoms with van der Waals surface area (Å²) in [6.45, 7) is 1.75. The van der Waals surface area contributed by atoms with Crippen molar-refractivity contribution in [2.24, 2.45) is 5.92 Å². The van der Waals surface area contributed by atoms with Crippen LogP contribution in [0.5, 0.6) is 5.75 Å². The molecule has 1 atom stereocenters. The van der Waals surface area contributed by atoms with E-state index in [2.05, 4.69) is 70.9 Å². The Balaban J connectivity index is 1.46. The van der Waals surface area contributed by atoms with E-state index in [1.54, 1.807) is 0 Å². The second kappa shape index (κ2) is 12.1. The van der Waals surface area contributed by atoms with Gasteiger partial charge < -0.3 is 15.0 Å². The number of benzene rings is 3. The van der Waals surface area contributed by atoms with Gasteiger partial charge in [0.05, 0.1) is 6.04 Å². The van der Waals surface area contributed by atoms with Gasteiger partial charge in [0.1, 0.15) is 12.4 Å². The highest BCUT2D eigenvalue weighted by Crippen LogP contribution is 2.29. The topological polar surface area (TPSA) is 41.6 Å². The van der Waals surface area contributed by atoms with Crippen molar-refractivity contribution in [1.82, 2.24) is 4.90 Å². The Bertz CT molecular complexity index is 1120. The van der Waals surface area contributed by atoms with E-state index in [9.17, 15) is 4.79 Å². The van der Waals surface area contributed by atoms with E-state index < -0.39 is 0 Å². The molecule has 1 amide bonds. The average Bonchev–Trinajstić information content (AvgIpc) is 2.96. The number of hydrogen-bond donors (Lipinski definition) is 1. The molecule has 1 N–H and O–H groups in total. The second-order valence-electron chi connectivity index (χ2n) is 10.3. The van der Waals surface area contributed by atoms with E-state index in [0.717, 1.165) is 35.4 Å². The highest BCUT2D eigenvalue weighted by Gasteiger charge is 2.27. The molecule has 1 aliphatic carbocycles. The van der Waals surface area contributed by atoms with E-state index in [4.69, 9.17) is 4.74 Å². The first kappa shape index (κ1) is 24.4. The van der Waals surface area contributed by atoms with Crippen molar-refractivity contribution >= 4 is 11.6 Å². The number of carbonyl (C=O) groups is 1. The monoisotopic (exact) mass is 482 g/mol. The Kier molecular flexibility index (Phi) is 8.22. The fraction of sp³-hybridized carbons (Fsp3) is 0.406. The summed E-state index contributed by atoms with van der Waals surface area (Å²) in [5.41, 5.74) is 4.59. The molecule has 5 rings (SSSR count). The molecule has 1 heterocycles. The molecule has 0 radical (unpaired) electrons.